The van der Waals surface area contributed by atoms with Crippen molar-refractivity contribution >= 4 is 5.69 Å². The maximum Gasteiger partial charge on any atom is 0.0741 e. The highest BCUT2D eigenvalue weighted by molar-refractivity contribution is 5.45. The van der Waals surface area contributed by atoms with Gasteiger partial charge in [0.1, 0.15) is 0 Å². The molecule has 1 aromatic rings. The topological polar surface area (TPSA) is 24.5 Å². The van der Waals surface area contributed by atoms with E-state index in [0.717, 1.165) is 6.54 Å². The lowest BCUT2D eigenvalue weighted by molar-refractivity contribution is 0.106. The minimum atomic E-state index is 0.212. The molecule has 1 N–H and O–H groups in total. The summed E-state index contributed by atoms with van der Waals surface area (Å²) >= 11 is 0. The van der Waals surface area contributed by atoms with E-state index in [0.29, 0.717) is 6.04 Å². The van der Waals surface area contributed by atoms with Crippen LogP contribution in [0.25, 0.3) is 0 Å². The Morgan fingerprint density at radius 3 is 2.37 bits per heavy atom. The molecule has 1 fully saturated rings. The van der Waals surface area contributed by atoms with Crippen molar-refractivity contribution in [1.82, 2.24) is 4.90 Å². The van der Waals surface area contributed by atoms with Gasteiger partial charge >= 0.3 is 0 Å². The fourth-order valence-electron chi connectivity index (χ4n) is 2.49. The SMILES string of the molecule is COC(C)C(C)Nc1ccc(CN2CCCC2)cc1. The van der Waals surface area contributed by atoms with Gasteiger partial charge in [0.2, 0.25) is 0 Å². The molecular weight excluding hydrogens is 236 g/mol. The smallest absolute Gasteiger partial charge is 0.0741 e. The number of benzene rings is 1. The Balaban J connectivity index is 1.87. The highest BCUT2D eigenvalue weighted by atomic mass is 16.5. The third kappa shape index (κ3) is 4.22. The lowest BCUT2D eigenvalue weighted by Crippen LogP contribution is -2.29. The molecule has 2 rings (SSSR count). The predicted molar refractivity (Wildman–Crippen MR) is 80.5 cm³/mol. The van der Waals surface area contributed by atoms with E-state index in [1.165, 1.54) is 37.2 Å². The monoisotopic (exact) mass is 262 g/mol. The van der Waals surface area contributed by atoms with Crippen molar-refractivity contribution in [3.05, 3.63) is 29.8 Å². The van der Waals surface area contributed by atoms with Gasteiger partial charge in [-0.05, 0) is 57.5 Å². The Morgan fingerprint density at radius 2 is 1.79 bits per heavy atom. The van der Waals surface area contributed by atoms with Gasteiger partial charge in [0.05, 0.1) is 6.10 Å². The second-order valence-electron chi connectivity index (χ2n) is 5.55. The number of methoxy groups -OCH3 is 1. The molecule has 106 valence electrons. The van der Waals surface area contributed by atoms with E-state index < -0.39 is 0 Å². The minimum absolute atomic E-state index is 0.212. The first-order valence-electron chi connectivity index (χ1n) is 7.29. The average molecular weight is 262 g/mol. The van der Waals surface area contributed by atoms with E-state index in [4.69, 9.17) is 4.74 Å². The molecule has 1 aliphatic heterocycles. The van der Waals surface area contributed by atoms with E-state index in [9.17, 15) is 0 Å². The van der Waals surface area contributed by atoms with Crippen LogP contribution in [0.15, 0.2) is 24.3 Å². The number of hydrogen-bond acceptors (Lipinski definition) is 3. The Hall–Kier alpha value is -1.06. The van der Waals surface area contributed by atoms with Gasteiger partial charge in [0.15, 0.2) is 0 Å². The van der Waals surface area contributed by atoms with E-state index in [1.807, 2.05) is 0 Å². The van der Waals surface area contributed by atoms with Gasteiger partial charge in [-0.25, -0.2) is 0 Å². The van der Waals surface area contributed by atoms with Crippen molar-refractivity contribution in [3.8, 4) is 0 Å². The predicted octanol–water partition coefficient (Wildman–Crippen LogP) is 3.12. The van der Waals surface area contributed by atoms with Crippen molar-refractivity contribution in [2.24, 2.45) is 0 Å². The highest BCUT2D eigenvalue weighted by Gasteiger charge is 2.12. The van der Waals surface area contributed by atoms with Crippen molar-refractivity contribution in [2.45, 2.75) is 45.4 Å². The summed E-state index contributed by atoms with van der Waals surface area (Å²) in [6.07, 6.45) is 2.92. The van der Waals surface area contributed by atoms with E-state index in [-0.39, 0.29) is 6.10 Å². The Labute approximate surface area is 116 Å². The van der Waals surface area contributed by atoms with Gasteiger partial charge in [-0.1, -0.05) is 12.1 Å². The highest BCUT2D eigenvalue weighted by Crippen LogP contribution is 2.16. The second-order valence-corrected chi connectivity index (χ2v) is 5.55. The summed E-state index contributed by atoms with van der Waals surface area (Å²) in [7, 11) is 1.75. The van der Waals surface area contributed by atoms with E-state index in [2.05, 4.69) is 48.3 Å². The van der Waals surface area contributed by atoms with Crippen LogP contribution in [0.1, 0.15) is 32.3 Å². The molecule has 0 radical (unpaired) electrons. The second kappa shape index (κ2) is 6.92. The molecule has 19 heavy (non-hydrogen) atoms. The van der Waals surface area contributed by atoms with Crippen LogP contribution in [-0.4, -0.2) is 37.2 Å². The summed E-state index contributed by atoms with van der Waals surface area (Å²) in [4.78, 5) is 2.53. The summed E-state index contributed by atoms with van der Waals surface area (Å²) < 4.78 is 5.33. The first-order valence-corrected chi connectivity index (χ1v) is 7.29. The Kier molecular flexibility index (Phi) is 5.23. The lowest BCUT2D eigenvalue weighted by atomic mass is 10.1. The maximum atomic E-state index is 5.33. The molecule has 2 atom stereocenters. The van der Waals surface area contributed by atoms with Crippen molar-refractivity contribution in [2.75, 3.05) is 25.5 Å². The number of likely N-dealkylation sites (tertiary alicyclic amines) is 1. The van der Waals surface area contributed by atoms with Crippen LogP contribution >= 0.6 is 0 Å². The summed E-state index contributed by atoms with van der Waals surface area (Å²) in [5, 5.41) is 3.47. The summed E-state index contributed by atoms with van der Waals surface area (Å²) in [5.41, 5.74) is 2.57. The number of nitrogens with zero attached hydrogens (tertiary/aromatic N) is 1. The number of ether oxygens (including phenoxy) is 1. The van der Waals surface area contributed by atoms with E-state index >= 15 is 0 Å². The van der Waals surface area contributed by atoms with Crippen LogP contribution in [-0.2, 0) is 11.3 Å². The fraction of sp³-hybridized carbons (Fsp3) is 0.625. The molecule has 2 unspecified atom stereocenters. The van der Waals surface area contributed by atoms with Gasteiger partial charge in [0.25, 0.3) is 0 Å². The maximum absolute atomic E-state index is 5.33. The van der Waals surface area contributed by atoms with Crippen LogP contribution in [0.5, 0.6) is 0 Å². The lowest BCUT2D eigenvalue weighted by Gasteiger charge is -2.21. The van der Waals surface area contributed by atoms with Gasteiger partial charge < -0.3 is 10.1 Å². The molecule has 0 bridgehead atoms. The molecule has 1 aliphatic rings. The Morgan fingerprint density at radius 1 is 1.16 bits per heavy atom. The molecule has 0 aromatic heterocycles. The molecule has 1 heterocycles. The first-order chi connectivity index (χ1) is 9.19. The van der Waals surface area contributed by atoms with Crippen molar-refractivity contribution in [3.63, 3.8) is 0 Å². The molecule has 3 nitrogen and oxygen atoms in total. The largest absolute Gasteiger partial charge is 0.380 e. The molecule has 0 spiro atoms. The zero-order valence-corrected chi connectivity index (χ0v) is 12.4. The fourth-order valence-corrected chi connectivity index (χ4v) is 2.49. The quantitative estimate of drug-likeness (QED) is 0.852. The van der Waals surface area contributed by atoms with E-state index in [1.54, 1.807) is 7.11 Å². The number of rotatable bonds is 6. The van der Waals surface area contributed by atoms with Gasteiger partial charge in [0, 0.05) is 25.4 Å². The molecule has 3 heteroatoms. The van der Waals surface area contributed by atoms with Crippen molar-refractivity contribution in [1.29, 1.82) is 0 Å². The van der Waals surface area contributed by atoms with Crippen LogP contribution in [0.4, 0.5) is 5.69 Å². The molecule has 1 saturated heterocycles. The van der Waals surface area contributed by atoms with Gasteiger partial charge in [-0.3, -0.25) is 4.90 Å². The van der Waals surface area contributed by atoms with Crippen LogP contribution < -0.4 is 5.32 Å². The zero-order chi connectivity index (χ0) is 13.7. The van der Waals surface area contributed by atoms with Gasteiger partial charge in [-0.15, -0.1) is 0 Å². The van der Waals surface area contributed by atoms with Crippen LogP contribution in [0, 0.1) is 0 Å². The standard InChI is InChI=1S/C16H26N2O/c1-13(14(2)19-3)17-16-8-6-15(7-9-16)12-18-10-4-5-11-18/h6-9,13-14,17H,4-5,10-12H2,1-3H3. The average Bonchev–Trinajstić information content (AvgIpc) is 2.93. The number of hydrogen-bond donors (Lipinski definition) is 1. The van der Waals surface area contributed by atoms with Gasteiger partial charge in [-0.2, -0.15) is 0 Å². The molecule has 0 amide bonds. The molecule has 1 aromatic carbocycles. The number of nitrogens with one attached hydrogen (secondary N) is 1. The first kappa shape index (κ1) is 14.4. The summed E-state index contributed by atoms with van der Waals surface area (Å²) in [6, 6.07) is 9.11. The molecular formula is C16H26N2O. The number of anilines is 1. The van der Waals surface area contributed by atoms with Crippen LogP contribution in [0.3, 0.4) is 0 Å². The molecule has 0 aliphatic carbocycles. The third-order valence-corrected chi connectivity index (χ3v) is 4.03. The Bertz CT molecular complexity index is 371. The van der Waals surface area contributed by atoms with Crippen molar-refractivity contribution < 1.29 is 4.74 Å². The minimum Gasteiger partial charge on any atom is -0.380 e. The zero-order valence-electron chi connectivity index (χ0n) is 12.4. The summed E-state index contributed by atoms with van der Waals surface area (Å²) in [5.74, 6) is 0. The summed E-state index contributed by atoms with van der Waals surface area (Å²) in [6.45, 7) is 7.82. The molecule has 0 saturated carbocycles. The third-order valence-electron chi connectivity index (χ3n) is 4.03. The van der Waals surface area contributed by atoms with Crippen LogP contribution in [0.2, 0.25) is 0 Å². The normalized spacial score (nSPS) is 19.3.